The van der Waals surface area contributed by atoms with E-state index in [4.69, 9.17) is 7.59 Å². The molecule has 398 valence electrons. The highest BCUT2D eigenvalue weighted by Gasteiger charge is 2.36. The number of benzene rings is 11. The van der Waals surface area contributed by atoms with Crippen LogP contribution in [0.5, 0.6) is 0 Å². The number of fused-ring (bicyclic) bond motifs is 20. The largest absolute Gasteiger partial charge is 0.317 e. The van der Waals surface area contributed by atoms with E-state index in [2.05, 4.69) is 122 Å². The van der Waals surface area contributed by atoms with Crippen molar-refractivity contribution in [3.05, 3.63) is 234 Å². The summed E-state index contributed by atoms with van der Waals surface area (Å²) in [6, 6.07) is 47.1. The second kappa shape index (κ2) is 17.3. The third-order valence-corrected chi connectivity index (χ3v) is 19.5. The summed E-state index contributed by atoms with van der Waals surface area (Å²) in [4.78, 5) is 4.75. The van der Waals surface area contributed by atoms with Gasteiger partial charge in [0.05, 0.1) is 102 Å². The van der Waals surface area contributed by atoms with Gasteiger partial charge in [0, 0.05) is 74.0 Å². The minimum atomic E-state index is -0.627. The predicted octanol–water partition coefficient (Wildman–Crippen LogP) is 21.8. The van der Waals surface area contributed by atoms with Crippen LogP contribution in [0.15, 0.2) is 206 Å². The monoisotopic (exact) mass is 1120 g/mol. The van der Waals surface area contributed by atoms with E-state index in [0.717, 1.165) is 86.0 Å². The second-order valence-electron chi connectivity index (χ2n) is 23.8. The van der Waals surface area contributed by atoms with Gasteiger partial charge in [-0.1, -0.05) is 187 Å². The van der Waals surface area contributed by atoms with Crippen LogP contribution in [0.2, 0.25) is 0 Å². The van der Waals surface area contributed by atoms with E-state index < -0.39 is 54.4 Å². The molecule has 6 heterocycles. The SMILES string of the molecule is [2H]c1c([2H])c([2H])c2c(sc3c2c([2H])c([2H])c2c4c([2H])c([2H])c([2H])c([2H])c4n(-c4c(C#N)c(-n5c6ccccc6c6ccccc65)c(-n5c6ccc(C(C)(C)C)cc6c6cc(C(C)(C)C)c7c8ccccc8sc7c65)c(-n5c6ccccc6c6ccccc65)c4[N+]#[C-])c32)c1[2H]. The van der Waals surface area contributed by atoms with Crippen LogP contribution in [-0.2, 0) is 10.8 Å². The second-order valence-corrected chi connectivity index (χ2v) is 25.9. The lowest BCUT2D eigenvalue weighted by Crippen LogP contribution is -2.15. The summed E-state index contributed by atoms with van der Waals surface area (Å²) in [5, 5.41) is 20.4. The highest BCUT2D eigenvalue weighted by Crippen LogP contribution is 2.55. The van der Waals surface area contributed by atoms with Gasteiger partial charge >= 0.3 is 0 Å². The fourth-order valence-corrected chi connectivity index (χ4v) is 15.9. The summed E-state index contributed by atoms with van der Waals surface area (Å²) in [7, 11) is 0. The van der Waals surface area contributed by atoms with E-state index >= 15 is 0 Å². The zero-order valence-electron chi connectivity index (χ0n) is 56.4. The van der Waals surface area contributed by atoms with Crippen molar-refractivity contribution in [2.75, 3.05) is 0 Å². The predicted molar refractivity (Wildman–Crippen MR) is 358 cm³/mol. The molecule has 17 rings (SSSR count). The Hall–Kier alpha value is -9.96. The zero-order chi connectivity index (χ0) is 65.4. The fraction of sp³-hybridized carbons (Fsp3) is 0.105. The molecule has 84 heavy (non-hydrogen) atoms. The summed E-state index contributed by atoms with van der Waals surface area (Å²) >= 11 is 2.64. The highest BCUT2D eigenvalue weighted by molar-refractivity contribution is 7.27. The fourth-order valence-electron chi connectivity index (χ4n) is 13.5. The van der Waals surface area contributed by atoms with Crippen molar-refractivity contribution < 1.29 is 13.7 Å². The maximum absolute atomic E-state index is 13.1. The number of nitrogens with zero attached hydrogens (tertiary/aromatic N) is 6. The molecule has 0 radical (unpaired) electrons. The van der Waals surface area contributed by atoms with Crippen molar-refractivity contribution in [1.29, 1.82) is 5.26 Å². The first kappa shape index (κ1) is 39.5. The van der Waals surface area contributed by atoms with Crippen LogP contribution in [0.1, 0.15) is 71.9 Å². The molecule has 0 N–H and O–H groups in total. The number of para-hydroxylation sites is 5. The number of hydrogen-bond donors (Lipinski definition) is 0. The van der Waals surface area contributed by atoms with Gasteiger partial charge in [-0.3, -0.25) is 0 Å². The van der Waals surface area contributed by atoms with Crippen LogP contribution in [0, 0.1) is 17.9 Å². The molecule has 0 unspecified atom stereocenters. The number of rotatable bonds is 4. The number of hydrogen-bond acceptors (Lipinski definition) is 3. The topological polar surface area (TPSA) is 47.9 Å². The van der Waals surface area contributed by atoms with Gasteiger partial charge in [0.25, 0.3) is 0 Å². The molecule has 6 nitrogen and oxygen atoms in total. The average Bonchev–Trinajstić information content (AvgIpc) is 1.51. The van der Waals surface area contributed by atoms with E-state index in [1.54, 1.807) is 11.3 Å². The minimum Gasteiger partial charge on any atom is -0.317 e. The molecule has 0 fully saturated rings. The summed E-state index contributed by atoms with van der Waals surface area (Å²) in [5.74, 6) is 0. The lowest BCUT2D eigenvalue weighted by molar-refractivity contribution is 0.591. The van der Waals surface area contributed by atoms with E-state index in [1.807, 2.05) is 84.9 Å². The molecule has 0 saturated heterocycles. The third kappa shape index (κ3) is 6.47. The summed E-state index contributed by atoms with van der Waals surface area (Å²) in [6.45, 7) is 23.5. The molecule has 0 aliphatic heterocycles. The molecule has 0 bridgehead atoms. The Morgan fingerprint density at radius 3 is 1.57 bits per heavy atom. The van der Waals surface area contributed by atoms with Gasteiger partial charge in [0.15, 0.2) is 0 Å². The first-order chi connectivity index (χ1) is 45.1. The Bertz CT molecular complexity index is 6230. The molecule has 0 saturated carbocycles. The molecule has 0 spiro atoms. The molecule has 0 atom stereocenters. The van der Waals surface area contributed by atoms with Gasteiger partial charge in [-0.2, -0.15) is 5.26 Å². The lowest BCUT2D eigenvalue weighted by Gasteiger charge is -2.28. The maximum atomic E-state index is 13.1. The van der Waals surface area contributed by atoms with Crippen LogP contribution in [0.4, 0.5) is 5.69 Å². The van der Waals surface area contributed by atoms with E-state index in [0.29, 0.717) is 39.1 Å². The highest BCUT2D eigenvalue weighted by atomic mass is 32.1. The van der Waals surface area contributed by atoms with E-state index in [1.165, 1.54) is 4.57 Å². The standard InChI is InChI=1S/C76H52N6S2/c1-75(2,3)43-36-39-62-53(40-43)54-41-56(76(4,5)6)65-52-28-14-21-35-64(52)84-74(65)70(54)82(62)72-68(79-57-29-15-8-22-44(57)45-23-9-16-30-58(45)79)55(42-77)67(66(78-7)71(72)80-59-31-17-10-24-46(59)47-25-11-18-32-60(47)80)81-61-33-19-12-26-48(61)50-37-38-51-49-27-13-20-34-63(49)83-73(51)69(50)81/h8-41H,1-6H3/i12D,13D,19D,20D,26D,27D,33D,34D,37D,38D. The van der Waals surface area contributed by atoms with Gasteiger partial charge in [0.2, 0.25) is 5.69 Å². The smallest absolute Gasteiger partial charge is 0.237 e. The molecular formula is C76H52N6S2. The van der Waals surface area contributed by atoms with Crippen molar-refractivity contribution >= 4 is 156 Å². The molecule has 17 aromatic rings. The molecule has 8 heteroatoms. The van der Waals surface area contributed by atoms with Crippen LogP contribution in [0.3, 0.4) is 0 Å². The summed E-state index contributed by atoms with van der Waals surface area (Å²) in [5.41, 5.74) is 6.68. The first-order valence-electron chi connectivity index (χ1n) is 32.9. The minimum absolute atomic E-state index is 0.00423. The average molecular weight is 1120 g/mol. The quantitative estimate of drug-likeness (QED) is 0.162. The third-order valence-electron chi connectivity index (χ3n) is 17.2. The maximum Gasteiger partial charge on any atom is 0.237 e. The Balaban J connectivity index is 1.25. The van der Waals surface area contributed by atoms with E-state index in [9.17, 15) is 22.8 Å². The van der Waals surface area contributed by atoms with Crippen molar-refractivity contribution in [1.82, 2.24) is 18.3 Å². The summed E-state index contributed by atoms with van der Waals surface area (Å²) in [6.07, 6.45) is 0. The van der Waals surface area contributed by atoms with Gasteiger partial charge in [-0.15, -0.1) is 22.7 Å². The lowest BCUT2D eigenvalue weighted by atomic mass is 9.82. The van der Waals surface area contributed by atoms with Crippen LogP contribution >= 0.6 is 22.7 Å². The van der Waals surface area contributed by atoms with Crippen molar-refractivity contribution in [2.45, 2.75) is 52.4 Å². The molecule has 0 amide bonds. The van der Waals surface area contributed by atoms with Crippen LogP contribution in [-0.4, -0.2) is 18.3 Å². The Morgan fingerprint density at radius 1 is 0.429 bits per heavy atom. The van der Waals surface area contributed by atoms with Crippen molar-refractivity contribution in [3.63, 3.8) is 0 Å². The number of aromatic nitrogens is 4. The Labute approximate surface area is 505 Å². The summed E-state index contributed by atoms with van der Waals surface area (Å²) < 4.78 is 106. The molecular weight excluding hydrogens is 1060 g/mol. The first-order valence-corrected chi connectivity index (χ1v) is 29.5. The van der Waals surface area contributed by atoms with Gasteiger partial charge < -0.3 is 18.3 Å². The zero-order valence-corrected chi connectivity index (χ0v) is 48.0. The normalized spacial score (nSPS) is 14.3. The van der Waals surface area contributed by atoms with Gasteiger partial charge in [0.1, 0.15) is 6.07 Å². The van der Waals surface area contributed by atoms with Gasteiger partial charge in [-0.25, -0.2) is 4.85 Å². The molecule has 0 aliphatic carbocycles. The van der Waals surface area contributed by atoms with E-state index in [-0.39, 0.29) is 75.8 Å². The Kier molecular flexibility index (Phi) is 8.13. The molecule has 0 aliphatic rings. The van der Waals surface area contributed by atoms with Crippen LogP contribution in [0.25, 0.3) is 155 Å². The van der Waals surface area contributed by atoms with Crippen LogP contribution < -0.4 is 0 Å². The molecule has 11 aromatic carbocycles. The number of nitriles is 1. The molecule has 6 aromatic heterocycles. The number of thiophene rings is 2. The Morgan fingerprint density at radius 2 is 0.952 bits per heavy atom. The van der Waals surface area contributed by atoms with Crippen molar-refractivity contribution in [2.24, 2.45) is 0 Å². The van der Waals surface area contributed by atoms with Gasteiger partial charge in [-0.05, 0) is 82.6 Å². The van der Waals surface area contributed by atoms with Crippen molar-refractivity contribution in [3.8, 4) is 28.8 Å².